The summed E-state index contributed by atoms with van der Waals surface area (Å²) < 4.78 is 5.17. The Bertz CT molecular complexity index is 1320. The van der Waals surface area contributed by atoms with E-state index in [4.69, 9.17) is 16.3 Å². The number of methoxy groups -OCH3 is 1. The summed E-state index contributed by atoms with van der Waals surface area (Å²) in [6, 6.07) is 21.4. The summed E-state index contributed by atoms with van der Waals surface area (Å²) in [5.41, 5.74) is 2.61. The molecule has 0 aromatic heterocycles. The Morgan fingerprint density at radius 3 is 2.26 bits per heavy atom. The van der Waals surface area contributed by atoms with Gasteiger partial charge in [0.2, 0.25) is 5.91 Å². The third kappa shape index (κ3) is 6.97. The van der Waals surface area contributed by atoms with E-state index in [-0.39, 0.29) is 30.8 Å². The van der Waals surface area contributed by atoms with Gasteiger partial charge in [-0.15, -0.1) is 6.58 Å². The maximum atomic E-state index is 12.9. The van der Waals surface area contributed by atoms with E-state index in [1.807, 2.05) is 29.2 Å². The molecule has 3 aromatic rings. The number of carbonyl (C=O) groups is 3. The summed E-state index contributed by atoms with van der Waals surface area (Å²) in [5, 5.41) is 3.18. The Kier molecular flexibility index (Phi) is 9.22. The van der Waals surface area contributed by atoms with Crippen molar-refractivity contribution in [3.63, 3.8) is 0 Å². The standard InChI is InChI=1S/C30H31ClN4O4/c1-3-16-35(30(38)26-6-4-5-7-27(26)31)21-28(36)32-23-10-12-24(13-11-23)33-17-19-34(20-18-33)29(37)22-8-14-25(39-2)15-9-22/h3-15H,1,16-21H2,2H3,(H,32,36). The summed E-state index contributed by atoms with van der Waals surface area (Å²) in [7, 11) is 1.60. The fourth-order valence-corrected chi connectivity index (χ4v) is 4.61. The van der Waals surface area contributed by atoms with E-state index in [0.29, 0.717) is 48.0 Å². The van der Waals surface area contributed by atoms with E-state index in [1.165, 1.54) is 4.90 Å². The van der Waals surface area contributed by atoms with Crippen molar-refractivity contribution in [3.8, 4) is 5.75 Å². The number of piperazine rings is 1. The lowest BCUT2D eigenvalue weighted by Crippen LogP contribution is -2.48. The van der Waals surface area contributed by atoms with Gasteiger partial charge < -0.3 is 24.8 Å². The van der Waals surface area contributed by atoms with Crippen LogP contribution in [0.25, 0.3) is 0 Å². The molecule has 1 N–H and O–H groups in total. The molecule has 9 heteroatoms. The summed E-state index contributed by atoms with van der Waals surface area (Å²) in [6.07, 6.45) is 1.57. The maximum Gasteiger partial charge on any atom is 0.256 e. The highest BCUT2D eigenvalue weighted by Gasteiger charge is 2.23. The molecule has 1 heterocycles. The number of halogens is 1. The predicted octanol–water partition coefficient (Wildman–Crippen LogP) is 4.58. The third-order valence-corrected chi connectivity index (χ3v) is 6.83. The molecule has 202 valence electrons. The molecule has 0 unspecified atom stereocenters. The monoisotopic (exact) mass is 546 g/mol. The number of hydrogen-bond donors (Lipinski definition) is 1. The second-order valence-corrected chi connectivity index (χ2v) is 9.46. The molecule has 0 spiro atoms. The van der Waals surface area contributed by atoms with Gasteiger partial charge in [-0.3, -0.25) is 14.4 Å². The summed E-state index contributed by atoms with van der Waals surface area (Å²) >= 11 is 6.17. The number of ether oxygens (including phenoxy) is 1. The van der Waals surface area contributed by atoms with Crippen LogP contribution in [0.15, 0.2) is 85.5 Å². The number of carbonyl (C=O) groups excluding carboxylic acids is 3. The molecule has 3 aromatic carbocycles. The molecule has 3 amide bonds. The van der Waals surface area contributed by atoms with E-state index in [1.54, 1.807) is 61.7 Å². The lowest BCUT2D eigenvalue weighted by molar-refractivity contribution is -0.116. The minimum Gasteiger partial charge on any atom is -0.497 e. The predicted molar refractivity (Wildman–Crippen MR) is 154 cm³/mol. The summed E-state index contributed by atoms with van der Waals surface area (Å²) in [4.78, 5) is 43.9. The van der Waals surface area contributed by atoms with Crippen LogP contribution in [-0.4, -0.2) is 73.9 Å². The van der Waals surface area contributed by atoms with Gasteiger partial charge in [0.15, 0.2) is 0 Å². The molecule has 4 rings (SSSR count). The Hall–Kier alpha value is -4.30. The Morgan fingerprint density at radius 2 is 1.64 bits per heavy atom. The average Bonchev–Trinajstić information content (AvgIpc) is 2.97. The molecule has 0 radical (unpaired) electrons. The molecule has 0 bridgehead atoms. The lowest BCUT2D eigenvalue weighted by Gasteiger charge is -2.36. The van der Waals surface area contributed by atoms with Crippen LogP contribution in [0.1, 0.15) is 20.7 Å². The van der Waals surface area contributed by atoms with Crippen LogP contribution in [0.4, 0.5) is 11.4 Å². The number of amides is 3. The van der Waals surface area contributed by atoms with Crippen molar-refractivity contribution in [2.24, 2.45) is 0 Å². The first-order chi connectivity index (χ1) is 18.9. The van der Waals surface area contributed by atoms with Crippen LogP contribution in [-0.2, 0) is 4.79 Å². The minimum absolute atomic E-state index is 0.00822. The number of nitrogens with one attached hydrogen (secondary N) is 1. The molecular formula is C30H31ClN4O4. The van der Waals surface area contributed by atoms with Gasteiger partial charge in [-0.25, -0.2) is 0 Å². The van der Waals surface area contributed by atoms with Crippen LogP contribution in [0, 0.1) is 0 Å². The Morgan fingerprint density at radius 1 is 0.974 bits per heavy atom. The Labute approximate surface area is 233 Å². The van der Waals surface area contributed by atoms with Gasteiger partial charge in [0.05, 0.1) is 17.7 Å². The van der Waals surface area contributed by atoms with E-state index >= 15 is 0 Å². The van der Waals surface area contributed by atoms with Crippen LogP contribution in [0.3, 0.4) is 0 Å². The molecular weight excluding hydrogens is 516 g/mol. The molecule has 1 aliphatic heterocycles. The van der Waals surface area contributed by atoms with Gasteiger partial charge in [-0.05, 0) is 60.7 Å². The van der Waals surface area contributed by atoms with Crippen LogP contribution in [0.5, 0.6) is 5.75 Å². The van der Waals surface area contributed by atoms with E-state index in [0.717, 1.165) is 11.4 Å². The van der Waals surface area contributed by atoms with Crippen molar-refractivity contribution in [3.05, 3.63) is 102 Å². The van der Waals surface area contributed by atoms with Gasteiger partial charge in [-0.2, -0.15) is 0 Å². The lowest BCUT2D eigenvalue weighted by atomic mass is 10.1. The van der Waals surface area contributed by atoms with E-state index in [9.17, 15) is 14.4 Å². The quantitative estimate of drug-likeness (QED) is 0.397. The van der Waals surface area contributed by atoms with Crippen molar-refractivity contribution in [2.75, 3.05) is 56.6 Å². The average molecular weight is 547 g/mol. The smallest absolute Gasteiger partial charge is 0.256 e. The van der Waals surface area contributed by atoms with Crippen LogP contribution >= 0.6 is 11.6 Å². The maximum absolute atomic E-state index is 12.9. The van der Waals surface area contributed by atoms with E-state index in [2.05, 4.69) is 16.8 Å². The number of anilines is 2. The van der Waals surface area contributed by atoms with Gasteiger partial charge in [-0.1, -0.05) is 29.8 Å². The molecule has 1 fully saturated rings. The first kappa shape index (κ1) is 27.7. The molecule has 39 heavy (non-hydrogen) atoms. The van der Waals surface area contributed by atoms with Crippen molar-refractivity contribution in [1.29, 1.82) is 0 Å². The van der Waals surface area contributed by atoms with Crippen molar-refractivity contribution >= 4 is 40.7 Å². The second kappa shape index (κ2) is 13.0. The van der Waals surface area contributed by atoms with Crippen molar-refractivity contribution < 1.29 is 19.1 Å². The fraction of sp³-hybridized carbons (Fsp3) is 0.233. The fourth-order valence-electron chi connectivity index (χ4n) is 4.39. The van der Waals surface area contributed by atoms with Crippen molar-refractivity contribution in [2.45, 2.75) is 0 Å². The molecule has 0 saturated carbocycles. The number of rotatable bonds is 9. The second-order valence-electron chi connectivity index (χ2n) is 9.06. The highest BCUT2D eigenvalue weighted by atomic mass is 35.5. The number of nitrogens with zero attached hydrogens (tertiary/aromatic N) is 3. The van der Waals surface area contributed by atoms with Gasteiger partial charge >= 0.3 is 0 Å². The zero-order valence-electron chi connectivity index (χ0n) is 21.8. The van der Waals surface area contributed by atoms with E-state index < -0.39 is 0 Å². The SMILES string of the molecule is C=CCN(CC(=O)Nc1ccc(N2CCN(C(=O)c3ccc(OC)cc3)CC2)cc1)C(=O)c1ccccc1Cl. The van der Waals surface area contributed by atoms with Crippen LogP contribution in [0.2, 0.25) is 5.02 Å². The molecule has 0 aliphatic carbocycles. The zero-order valence-corrected chi connectivity index (χ0v) is 22.6. The van der Waals surface area contributed by atoms with Gasteiger partial charge in [0.25, 0.3) is 11.8 Å². The normalized spacial score (nSPS) is 13.0. The Balaban J connectivity index is 1.30. The first-order valence-corrected chi connectivity index (χ1v) is 13.0. The zero-order chi connectivity index (χ0) is 27.8. The topological polar surface area (TPSA) is 82.2 Å². The molecule has 1 aliphatic rings. The van der Waals surface area contributed by atoms with Gasteiger partial charge in [0, 0.05) is 49.7 Å². The molecule has 0 atom stereocenters. The molecule has 1 saturated heterocycles. The van der Waals surface area contributed by atoms with Gasteiger partial charge in [0.1, 0.15) is 12.3 Å². The number of benzene rings is 3. The first-order valence-electron chi connectivity index (χ1n) is 12.6. The highest BCUT2D eigenvalue weighted by Crippen LogP contribution is 2.21. The molecule has 8 nitrogen and oxygen atoms in total. The summed E-state index contributed by atoms with van der Waals surface area (Å²) in [6.45, 7) is 6.40. The number of hydrogen-bond acceptors (Lipinski definition) is 5. The third-order valence-electron chi connectivity index (χ3n) is 6.50. The van der Waals surface area contributed by atoms with Crippen molar-refractivity contribution in [1.82, 2.24) is 9.80 Å². The largest absolute Gasteiger partial charge is 0.497 e. The highest BCUT2D eigenvalue weighted by molar-refractivity contribution is 6.33. The van der Waals surface area contributed by atoms with Crippen LogP contribution < -0.4 is 15.0 Å². The minimum atomic E-state index is -0.337. The summed E-state index contributed by atoms with van der Waals surface area (Å²) in [5.74, 6) is 0.0656.